The van der Waals surface area contributed by atoms with Crippen molar-refractivity contribution < 1.29 is 119 Å². The van der Waals surface area contributed by atoms with Crippen molar-refractivity contribution in [1.29, 1.82) is 0 Å². The topological polar surface area (TPSA) is 371 Å². The van der Waals surface area contributed by atoms with E-state index < -0.39 is 34.9 Å². The van der Waals surface area contributed by atoms with E-state index in [-0.39, 0.29) is 138 Å². The highest BCUT2D eigenvalue weighted by molar-refractivity contribution is 7.95. The molecular formula is C81H90F6N14O20S4. The van der Waals surface area contributed by atoms with E-state index in [0.29, 0.717) is 71.8 Å². The van der Waals surface area contributed by atoms with E-state index in [0.717, 1.165) is 60.3 Å². The Labute approximate surface area is 732 Å². The Morgan fingerprint density at radius 2 is 0.592 bits per heavy atom. The van der Waals surface area contributed by atoms with Gasteiger partial charge in [0.05, 0.1) is 158 Å². The van der Waals surface area contributed by atoms with Crippen LogP contribution in [0.1, 0.15) is 158 Å². The van der Waals surface area contributed by atoms with Gasteiger partial charge in [0.15, 0.2) is 11.4 Å². The molecule has 0 aliphatic rings. The summed E-state index contributed by atoms with van der Waals surface area (Å²) in [5.74, 6) is 0.183. The van der Waals surface area contributed by atoms with Gasteiger partial charge in [-0.05, 0) is 189 Å². The Morgan fingerprint density at radius 3 is 0.896 bits per heavy atom. The summed E-state index contributed by atoms with van der Waals surface area (Å²) in [6.45, 7) is 42.5. The molecular weight excluding hydrogens is 1730 g/mol. The zero-order valence-electron chi connectivity index (χ0n) is 71.0. The SMILES string of the molecule is COOSc1ccc(-c2noc(C(C)OC(C)C)n2)c(F)c1.COOSc1ccc(-c2noc(C(C)OC(C)C)n2)cc1F.COOSc1ccc(-c2noc(COC(C)C)n2)c(F)c1.COOSc1ccc(-c2noc(COC(C)C)n2)cc1F.[C-]#[N+]c1ccc(-c2noc(C(C)OC(C)C)n2)c(F)c1.[C-]#[N+]c1ccc(-c2noc(COC(C)C)n2)c(F)c1. The van der Waals surface area contributed by atoms with Crippen LogP contribution in [0.5, 0.6) is 0 Å². The molecule has 0 spiro atoms. The summed E-state index contributed by atoms with van der Waals surface area (Å²) in [6.07, 6.45) is -0.782. The van der Waals surface area contributed by atoms with Gasteiger partial charge in [-0.3, -0.25) is 0 Å². The molecule has 3 unspecified atom stereocenters. The van der Waals surface area contributed by atoms with Crippen LogP contribution in [0, 0.1) is 48.0 Å². The van der Waals surface area contributed by atoms with Crippen molar-refractivity contribution in [1.82, 2.24) is 60.8 Å². The fourth-order valence-corrected chi connectivity index (χ4v) is 11.2. The lowest BCUT2D eigenvalue weighted by atomic mass is 10.2. The van der Waals surface area contributed by atoms with Crippen molar-refractivity contribution in [2.24, 2.45) is 0 Å². The van der Waals surface area contributed by atoms with Gasteiger partial charge < -0.3 is 55.6 Å². The first-order valence-corrected chi connectivity index (χ1v) is 40.6. The number of rotatable bonds is 36. The number of hydrogen-bond donors (Lipinski definition) is 0. The molecule has 34 nitrogen and oxygen atoms in total. The molecule has 0 radical (unpaired) electrons. The summed E-state index contributed by atoms with van der Waals surface area (Å²) in [4.78, 5) is 50.6. The summed E-state index contributed by atoms with van der Waals surface area (Å²) >= 11 is 3.39. The standard InChI is InChI=1S/C14H14FN3O2.2C14H17FN2O4S.C13H12FN3O2.2C13H15FN2O4S/c1-8(2)19-9(3)14-17-13(18-20-14)11-6-5-10(16-4)7-12(11)15;1-8(2)19-9(3)14-16-13(17-20-14)10-5-6-12(11(15)7-10)22-21-18-4;1-8(2)19-9(3)14-16-13(17-20-14)11-6-5-10(7-12(11)15)22-21-18-4;1-8(2)18-7-12-16-13(17-19-12)10-5-4-9(15-3)6-11(10)14;1-8(2)18-7-12-15-13(16-19-12)9-4-5-11(10(14)6-9)21-20-17-3;1-8(2)18-7-12-15-13(16-19-12)10-5-4-9(6-11(10)14)21-20-17-3/h5-9H,1-3H3;2*5-9H,1-4H3;4-6,8H,7H2,1-2H3;2*4-6,8H,7H2,1-3H3. The second-order valence-electron chi connectivity index (χ2n) is 26.9. The summed E-state index contributed by atoms with van der Waals surface area (Å²) < 4.78 is 165. The molecule has 6 heterocycles. The predicted octanol–water partition coefficient (Wildman–Crippen LogP) is 21.9. The Morgan fingerprint density at radius 1 is 0.312 bits per heavy atom. The highest BCUT2D eigenvalue weighted by atomic mass is 32.2. The van der Waals surface area contributed by atoms with E-state index in [4.69, 9.17) is 68.7 Å². The molecule has 0 fully saturated rings. The van der Waals surface area contributed by atoms with Crippen molar-refractivity contribution in [3.63, 3.8) is 0 Å². The van der Waals surface area contributed by atoms with Gasteiger partial charge in [-0.25, -0.2) is 55.6 Å². The minimum Gasteiger partial charge on any atom is -0.369 e. The summed E-state index contributed by atoms with van der Waals surface area (Å²) in [7, 11) is 5.44. The third kappa shape index (κ3) is 33.8. The summed E-state index contributed by atoms with van der Waals surface area (Å²) in [6, 6.07) is 26.3. The maximum absolute atomic E-state index is 14.1. The van der Waals surface area contributed by atoms with Crippen LogP contribution in [0.4, 0.5) is 37.7 Å². The Hall–Kier alpha value is -10.4. The fourth-order valence-electron chi connectivity index (χ4n) is 9.60. The molecule has 0 saturated heterocycles. The van der Waals surface area contributed by atoms with E-state index in [1.54, 1.807) is 62.4 Å². The maximum atomic E-state index is 14.1. The molecule has 0 saturated carbocycles. The first-order valence-electron chi connectivity index (χ1n) is 37.7. The molecule has 6 aromatic carbocycles. The number of hydrogen-bond acceptors (Lipinski definition) is 36. The molecule has 6 aromatic heterocycles. The van der Waals surface area contributed by atoms with Crippen molar-refractivity contribution in [3.8, 4) is 68.3 Å². The van der Waals surface area contributed by atoms with Crippen LogP contribution < -0.4 is 0 Å². The van der Waals surface area contributed by atoms with Gasteiger partial charge in [0.2, 0.25) is 34.9 Å². The first-order chi connectivity index (χ1) is 59.8. The number of ether oxygens (including phenoxy) is 6. The van der Waals surface area contributed by atoms with Crippen molar-refractivity contribution in [3.05, 3.63) is 202 Å². The van der Waals surface area contributed by atoms with Crippen molar-refractivity contribution in [2.45, 2.75) is 198 Å². The highest BCUT2D eigenvalue weighted by Gasteiger charge is 2.24. The van der Waals surface area contributed by atoms with Crippen LogP contribution in [-0.4, -0.2) is 126 Å². The summed E-state index contributed by atoms with van der Waals surface area (Å²) in [5.41, 5.74) is 2.36. The molecule has 0 aliphatic carbocycles. The largest absolute Gasteiger partial charge is 0.369 e. The van der Waals surface area contributed by atoms with E-state index in [1.165, 1.54) is 77.0 Å². The van der Waals surface area contributed by atoms with E-state index in [2.05, 4.69) is 107 Å². The zero-order chi connectivity index (χ0) is 91.2. The van der Waals surface area contributed by atoms with E-state index in [9.17, 15) is 26.3 Å². The van der Waals surface area contributed by atoms with Crippen LogP contribution in [0.15, 0.2) is 156 Å². The quantitative estimate of drug-likeness (QED) is 0.0116. The van der Waals surface area contributed by atoms with Gasteiger partial charge in [-0.1, -0.05) is 55.2 Å². The Balaban J connectivity index is 0.000000206. The first kappa shape index (κ1) is 102. The van der Waals surface area contributed by atoms with Gasteiger partial charge >= 0.3 is 0 Å². The second kappa shape index (κ2) is 52.5. The van der Waals surface area contributed by atoms with Crippen LogP contribution >= 0.6 is 48.2 Å². The molecule has 0 amide bonds. The third-order valence-electron chi connectivity index (χ3n) is 15.0. The van der Waals surface area contributed by atoms with Gasteiger partial charge in [0.25, 0.3) is 35.3 Å². The Kier molecular flexibility index (Phi) is 42.7. The Bertz CT molecular complexity index is 5360. The number of nitrogens with zero attached hydrogens (tertiary/aromatic N) is 14. The molecule has 0 N–H and O–H groups in total. The lowest BCUT2D eigenvalue weighted by Crippen LogP contribution is -2.07. The molecule has 125 heavy (non-hydrogen) atoms. The van der Waals surface area contributed by atoms with Gasteiger partial charge in [0.1, 0.15) is 73.0 Å². The van der Waals surface area contributed by atoms with Crippen LogP contribution in [-0.2, 0) is 85.1 Å². The average molecular weight is 1820 g/mol. The highest BCUT2D eigenvalue weighted by Crippen LogP contribution is 2.34. The molecule has 12 aromatic rings. The van der Waals surface area contributed by atoms with Crippen LogP contribution in [0.2, 0.25) is 0 Å². The van der Waals surface area contributed by atoms with E-state index >= 15 is 0 Å². The molecule has 0 bridgehead atoms. The minimum atomic E-state index is -0.553. The lowest BCUT2D eigenvalue weighted by Gasteiger charge is -2.11. The molecule has 3 atom stereocenters. The maximum Gasteiger partial charge on any atom is 0.255 e. The normalized spacial score (nSPS) is 11.9. The van der Waals surface area contributed by atoms with Gasteiger partial charge in [-0.15, -0.1) is 0 Å². The van der Waals surface area contributed by atoms with Crippen LogP contribution in [0.25, 0.3) is 78.0 Å². The van der Waals surface area contributed by atoms with Crippen molar-refractivity contribution >= 4 is 59.5 Å². The summed E-state index contributed by atoms with van der Waals surface area (Å²) in [5, 5.41) is 22.6. The zero-order valence-corrected chi connectivity index (χ0v) is 74.3. The molecule has 12 rings (SSSR count). The molecule has 670 valence electrons. The van der Waals surface area contributed by atoms with Gasteiger partial charge in [-0.2, -0.15) is 47.2 Å². The number of aromatic nitrogens is 12. The van der Waals surface area contributed by atoms with E-state index in [1.807, 2.05) is 90.0 Å². The average Bonchev–Trinajstić information content (AvgIpc) is 1.70. The fraction of sp³-hybridized carbons (Fsp3) is 0.383. The lowest BCUT2D eigenvalue weighted by molar-refractivity contribution is -0.160. The third-order valence-corrected chi connectivity index (χ3v) is 17.7. The van der Waals surface area contributed by atoms with Crippen LogP contribution in [0.3, 0.4) is 0 Å². The predicted molar refractivity (Wildman–Crippen MR) is 440 cm³/mol. The molecule has 0 aliphatic heterocycles. The van der Waals surface area contributed by atoms with Gasteiger partial charge in [0, 0.05) is 20.9 Å². The van der Waals surface area contributed by atoms with Crippen molar-refractivity contribution in [2.75, 3.05) is 28.4 Å². The number of halogens is 6. The number of benzene rings is 6. The molecule has 44 heteroatoms. The monoisotopic (exact) mass is 1820 g/mol. The minimum absolute atomic E-state index is 0.0232. The smallest absolute Gasteiger partial charge is 0.255 e. The second-order valence-corrected chi connectivity index (χ2v) is 29.9.